The van der Waals surface area contributed by atoms with Crippen LogP contribution in [-0.4, -0.2) is 45.2 Å². The molecular weight excluding hydrogens is 211 g/mol. The van der Waals surface area contributed by atoms with Crippen molar-refractivity contribution in [1.29, 1.82) is 0 Å². The summed E-state index contributed by atoms with van der Waals surface area (Å²) < 4.78 is 0. The van der Waals surface area contributed by atoms with Gasteiger partial charge in [0.2, 0.25) is 11.8 Å². The van der Waals surface area contributed by atoms with E-state index >= 15 is 0 Å². The summed E-state index contributed by atoms with van der Waals surface area (Å²) in [6.07, 6.45) is 5.46. The maximum atomic E-state index is 11.0. The van der Waals surface area contributed by atoms with Crippen LogP contribution >= 0.6 is 0 Å². The van der Waals surface area contributed by atoms with Gasteiger partial charge in [-0.05, 0) is 0 Å². The molecule has 4 radical (unpaired) electrons. The highest BCUT2D eigenvalue weighted by Crippen LogP contribution is 2.11. The largest absolute Gasteiger partial charge is 0.283 e. The minimum Gasteiger partial charge on any atom is -0.283 e. The smallest absolute Gasteiger partial charge is 0.229 e. The zero-order valence-corrected chi connectivity index (χ0v) is 10.9. The molecule has 6 heteroatoms. The summed E-state index contributed by atoms with van der Waals surface area (Å²) in [7, 11) is 8.27. The molecule has 1 rings (SSSR count). The average Bonchev–Trinajstić information content (AvgIpc) is 2.63. The van der Waals surface area contributed by atoms with Gasteiger partial charge < -0.3 is 0 Å². The first kappa shape index (κ1) is 16.3. The average molecular weight is 231 g/mol. The molecule has 0 N–H and O–H groups in total. The Morgan fingerprint density at radius 3 is 2.06 bits per heavy atom. The summed E-state index contributed by atoms with van der Waals surface area (Å²) in [6.45, 7) is 4.89. The van der Waals surface area contributed by atoms with E-state index in [1.165, 1.54) is 31.2 Å². The van der Waals surface area contributed by atoms with Crippen LogP contribution in [0.1, 0.15) is 46.0 Å². The predicted octanol–water partition coefficient (Wildman–Crippen LogP) is 1.16. The third-order valence-corrected chi connectivity index (χ3v) is 2.52. The SMILES string of the molecule is CCCCC.[B][B][B]CCN1C(=O)CCC1=O. The molecule has 1 heterocycles. The molecule has 0 saturated carbocycles. The second kappa shape index (κ2) is 10.5. The second-order valence-electron chi connectivity index (χ2n) is 4.01. The molecule has 0 aromatic rings. The lowest BCUT2D eigenvalue weighted by atomic mass is 9.27. The number of hydrogen-bond acceptors (Lipinski definition) is 2. The lowest BCUT2D eigenvalue weighted by molar-refractivity contribution is -0.138. The standard InChI is InChI=1S/C6H8B3NO2.C5H12/c7-9-8-3-4-10-5(11)1-2-6(10)12;1-3-5-4-2/h1-4H2;3-5H2,1-2H3. The van der Waals surface area contributed by atoms with E-state index in [0.717, 1.165) is 0 Å². The number of imide groups is 1. The highest BCUT2D eigenvalue weighted by Gasteiger charge is 2.27. The molecule has 0 atom stereocenters. The quantitative estimate of drug-likeness (QED) is 0.390. The van der Waals surface area contributed by atoms with Gasteiger partial charge in [0.15, 0.2) is 0 Å². The van der Waals surface area contributed by atoms with E-state index in [1.54, 1.807) is 7.17 Å². The van der Waals surface area contributed by atoms with Gasteiger partial charge in [-0.1, -0.05) is 39.4 Å². The number of carbonyl (C=O) groups excluding carboxylic acids is 2. The van der Waals surface area contributed by atoms with E-state index in [0.29, 0.717) is 25.7 Å². The van der Waals surface area contributed by atoms with E-state index in [1.807, 2.05) is 0 Å². The van der Waals surface area contributed by atoms with Crippen molar-refractivity contribution in [2.24, 2.45) is 0 Å². The molecule has 3 nitrogen and oxygen atoms in total. The summed E-state index contributed by atoms with van der Waals surface area (Å²) in [5, 5.41) is 0. The molecule has 90 valence electrons. The van der Waals surface area contributed by atoms with Crippen molar-refractivity contribution in [3.05, 3.63) is 0 Å². The zero-order chi connectivity index (χ0) is 13.1. The van der Waals surface area contributed by atoms with Gasteiger partial charge in [0, 0.05) is 34.2 Å². The van der Waals surface area contributed by atoms with Crippen LogP contribution < -0.4 is 0 Å². The summed E-state index contributed by atoms with van der Waals surface area (Å²) in [4.78, 5) is 23.3. The van der Waals surface area contributed by atoms with E-state index in [4.69, 9.17) is 7.74 Å². The molecule has 0 bridgehead atoms. The number of hydrogen-bond donors (Lipinski definition) is 0. The van der Waals surface area contributed by atoms with Gasteiger partial charge in [-0.2, -0.15) is 0 Å². The van der Waals surface area contributed by atoms with E-state index in [2.05, 4.69) is 13.8 Å². The monoisotopic (exact) mass is 231 g/mol. The van der Waals surface area contributed by atoms with E-state index in [-0.39, 0.29) is 11.8 Å². The normalized spacial score (nSPS) is 14.4. The van der Waals surface area contributed by atoms with Gasteiger partial charge in [-0.25, -0.2) is 0 Å². The van der Waals surface area contributed by atoms with Crippen molar-refractivity contribution in [3.8, 4) is 0 Å². The molecular formula is C11H20B3NO2. The first-order chi connectivity index (χ1) is 8.17. The van der Waals surface area contributed by atoms with Crippen molar-refractivity contribution in [2.45, 2.75) is 52.3 Å². The van der Waals surface area contributed by atoms with Crippen LogP contribution in [0, 0.1) is 0 Å². The molecule has 1 saturated heterocycles. The maximum Gasteiger partial charge on any atom is 0.229 e. The molecule has 0 aromatic heterocycles. The fourth-order valence-electron chi connectivity index (χ4n) is 1.53. The van der Waals surface area contributed by atoms with Crippen LogP contribution in [-0.2, 0) is 9.59 Å². The minimum absolute atomic E-state index is 0.0644. The van der Waals surface area contributed by atoms with Crippen molar-refractivity contribution >= 4 is 33.8 Å². The van der Waals surface area contributed by atoms with Crippen molar-refractivity contribution in [1.82, 2.24) is 4.90 Å². The Hall–Kier alpha value is -0.665. The van der Waals surface area contributed by atoms with Crippen molar-refractivity contribution in [3.63, 3.8) is 0 Å². The third kappa shape index (κ3) is 7.29. The highest BCUT2D eigenvalue weighted by molar-refractivity contribution is 7.23. The predicted molar refractivity (Wildman–Crippen MR) is 73.2 cm³/mol. The number of nitrogens with zero attached hydrogens (tertiary/aromatic N) is 1. The van der Waals surface area contributed by atoms with Crippen LogP contribution in [0.15, 0.2) is 0 Å². The van der Waals surface area contributed by atoms with Crippen LogP contribution in [0.4, 0.5) is 0 Å². The van der Waals surface area contributed by atoms with Gasteiger partial charge in [0.05, 0.1) is 7.17 Å². The van der Waals surface area contributed by atoms with Gasteiger partial charge >= 0.3 is 0 Å². The maximum absolute atomic E-state index is 11.0. The van der Waals surface area contributed by atoms with Crippen molar-refractivity contribution < 1.29 is 9.59 Å². The Kier molecular flexibility index (Phi) is 10.1. The van der Waals surface area contributed by atoms with E-state index < -0.39 is 0 Å². The molecule has 2 amide bonds. The van der Waals surface area contributed by atoms with Gasteiger partial charge in [0.1, 0.15) is 0 Å². The van der Waals surface area contributed by atoms with Crippen LogP contribution in [0.2, 0.25) is 6.32 Å². The first-order valence-electron chi connectivity index (χ1n) is 6.37. The van der Waals surface area contributed by atoms with Gasteiger partial charge in [0.25, 0.3) is 0 Å². The van der Waals surface area contributed by atoms with Crippen LogP contribution in [0.25, 0.3) is 0 Å². The van der Waals surface area contributed by atoms with Crippen LogP contribution in [0.5, 0.6) is 0 Å². The Morgan fingerprint density at radius 1 is 1.18 bits per heavy atom. The fourth-order valence-corrected chi connectivity index (χ4v) is 1.53. The Bertz CT molecular complexity index is 219. The molecule has 17 heavy (non-hydrogen) atoms. The second-order valence-corrected chi connectivity index (χ2v) is 4.01. The fraction of sp³-hybridized carbons (Fsp3) is 0.818. The summed E-state index contributed by atoms with van der Waals surface area (Å²) >= 11 is 0. The first-order valence-corrected chi connectivity index (χ1v) is 6.37. The number of likely N-dealkylation sites (tertiary alicyclic amines) is 1. The molecule has 0 aromatic carbocycles. The Labute approximate surface area is 108 Å². The number of rotatable bonds is 6. The van der Waals surface area contributed by atoms with Crippen LogP contribution in [0.3, 0.4) is 0 Å². The molecule has 0 unspecified atom stereocenters. The highest BCUT2D eigenvalue weighted by atomic mass is 16.2. The zero-order valence-electron chi connectivity index (χ0n) is 10.9. The summed E-state index contributed by atoms with van der Waals surface area (Å²) in [5.74, 6) is -0.129. The number of carbonyl (C=O) groups is 2. The summed E-state index contributed by atoms with van der Waals surface area (Å²) in [6, 6.07) is 0. The lowest BCUT2D eigenvalue weighted by Gasteiger charge is -2.12. The van der Waals surface area contributed by atoms with Crippen molar-refractivity contribution in [2.75, 3.05) is 6.54 Å². The molecule has 1 aliphatic rings. The van der Waals surface area contributed by atoms with E-state index in [9.17, 15) is 9.59 Å². The van der Waals surface area contributed by atoms with Gasteiger partial charge in [-0.3, -0.25) is 14.5 Å². The topological polar surface area (TPSA) is 37.4 Å². The number of unbranched alkanes of at least 4 members (excludes halogenated alkanes) is 2. The Balaban J connectivity index is 0.000000437. The third-order valence-electron chi connectivity index (χ3n) is 2.52. The molecule has 1 fully saturated rings. The molecule has 0 aliphatic carbocycles. The number of amides is 2. The van der Waals surface area contributed by atoms with Gasteiger partial charge in [-0.15, -0.1) is 0 Å². The minimum atomic E-state index is -0.0644. The molecule has 0 spiro atoms. The summed E-state index contributed by atoms with van der Waals surface area (Å²) in [5.41, 5.74) is 0. The lowest BCUT2D eigenvalue weighted by Crippen LogP contribution is -2.31. The molecule has 1 aliphatic heterocycles. The Morgan fingerprint density at radius 2 is 1.71 bits per heavy atom.